The van der Waals surface area contributed by atoms with Gasteiger partial charge in [0, 0.05) is 30.8 Å². The molecule has 7 nitrogen and oxygen atoms in total. The smallest absolute Gasteiger partial charge is 0.248 e. The zero-order valence-electron chi connectivity index (χ0n) is 20.9. The quantitative estimate of drug-likeness (QED) is 0.448. The number of amides is 3. The molecular formula is C28H31FN4O3. The highest BCUT2D eigenvalue weighted by atomic mass is 19.1. The third kappa shape index (κ3) is 7.21. The van der Waals surface area contributed by atoms with E-state index in [1.807, 2.05) is 45.9 Å². The molecule has 3 rings (SSSR count). The Kier molecular flexibility index (Phi) is 8.89. The number of hydrogen-bond acceptors (Lipinski definition) is 4. The van der Waals surface area contributed by atoms with E-state index in [2.05, 4.69) is 15.6 Å². The number of aryl methyl sites for hydroxylation is 2. The van der Waals surface area contributed by atoms with Crippen LogP contribution in [0.1, 0.15) is 49.4 Å². The molecule has 2 N–H and O–H groups in total. The van der Waals surface area contributed by atoms with E-state index in [0.717, 1.165) is 11.1 Å². The van der Waals surface area contributed by atoms with E-state index >= 15 is 0 Å². The molecule has 0 aliphatic carbocycles. The molecule has 1 atom stereocenters. The van der Waals surface area contributed by atoms with Crippen molar-refractivity contribution in [3.63, 3.8) is 0 Å². The van der Waals surface area contributed by atoms with Crippen LogP contribution in [-0.4, -0.2) is 28.7 Å². The van der Waals surface area contributed by atoms with Crippen LogP contribution in [0.4, 0.5) is 15.9 Å². The first kappa shape index (κ1) is 26.5. The molecule has 0 fully saturated rings. The lowest BCUT2D eigenvalue weighted by atomic mass is 10.0. The third-order valence-electron chi connectivity index (χ3n) is 5.37. The van der Waals surface area contributed by atoms with Gasteiger partial charge in [0.05, 0.1) is 0 Å². The summed E-state index contributed by atoms with van der Waals surface area (Å²) in [5.41, 5.74) is 2.81. The minimum absolute atomic E-state index is 0.0986. The average Bonchev–Trinajstić information content (AvgIpc) is 2.81. The number of benzene rings is 2. The molecule has 0 aliphatic heterocycles. The Labute approximate surface area is 210 Å². The van der Waals surface area contributed by atoms with Crippen molar-refractivity contribution in [2.24, 2.45) is 0 Å². The second-order valence-corrected chi connectivity index (χ2v) is 8.99. The molecule has 0 spiro atoms. The molecular weight excluding hydrogens is 459 g/mol. The molecule has 1 aromatic heterocycles. The van der Waals surface area contributed by atoms with Crippen molar-refractivity contribution in [1.82, 2.24) is 10.3 Å². The van der Waals surface area contributed by atoms with Crippen molar-refractivity contribution in [2.75, 3.05) is 10.2 Å². The van der Waals surface area contributed by atoms with Crippen LogP contribution in [0, 0.1) is 19.7 Å². The van der Waals surface area contributed by atoms with Crippen LogP contribution in [0.3, 0.4) is 0 Å². The van der Waals surface area contributed by atoms with Gasteiger partial charge >= 0.3 is 0 Å². The predicted molar refractivity (Wildman–Crippen MR) is 138 cm³/mol. The fourth-order valence-corrected chi connectivity index (χ4v) is 3.94. The van der Waals surface area contributed by atoms with E-state index in [-0.39, 0.29) is 24.8 Å². The SMILES string of the molecule is Cc1cc(C)cc(N(C(=O)CCC(=O)Nc2ccccn2)[C@H](C(=O)NC(C)C)c2ccc(F)cc2)c1. The number of rotatable bonds is 9. The van der Waals surface area contributed by atoms with Crippen LogP contribution in [-0.2, 0) is 14.4 Å². The molecule has 0 aliphatic rings. The Morgan fingerprint density at radius 2 is 1.61 bits per heavy atom. The van der Waals surface area contributed by atoms with E-state index in [1.54, 1.807) is 24.4 Å². The number of halogens is 1. The van der Waals surface area contributed by atoms with Crippen LogP contribution in [0.25, 0.3) is 0 Å². The number of nitrogens with one attached hydrogen (secondary N) is 2. The van der Waals surface area contributed by atoms with Gasteiger partial charge in [0.25, 0.3) is 0 Å². The lowest BCUT2D eigenvalue weighted by Crippen LogP contribution is -2.46. The standard InChI is InChI=1S/C28H31FN4O3/c1-18(2)31-28(36)27(21-8-10-22(29)11-9-21)33(23-16-19(3)15-20(4)17-23)26(35)13-12-25(34)32-24-7-5-6-14-30-24/h5-11,14-18,27H,12-13H2,1-4H3,(H,31,36)(H,30,32,34)/t27-/m0/s1. The molecule has 3 amide bonds. The topological polar surface area (TPSA) is 91.4 Å². The highest BCUT2D eigenvalue weighted by Crippen LogP contribution is 2.31. The molecule has 2 aromatic carbocycles. The summed E-state index contributed by atoms with van der Waals surface area (Å²) in [6.07, 6.45) is 1.32. The van der Waals surface area contributed by atoms with Gasteiger partial charge in [-0.2, -0.15) is 0 Å². The molecule has 3 aromatic rings. The lowest BCUT2D eigenvalue weighted by Gasteiger charge is -2.32. The van der Waals surface area contributed by atoms with Crippen molar-refractivity contribution in [3.8, 4) is 0 Å². The van der Waals surface area contributed by atoms with Crippen LogP contribution >= 0.6 is 0 Å². The maximum atomic E-state index is 13.7. The summed E-state index contributed by atoms with van der Waals surface area (Å²) in [6.45, 7) is 7.45. The summed E-state index contributed by atoms with van der Waals surface area (Å²) in [6, 6.07) is 15.0. The van der Waals surface area contributed by atoms with Gasteiger partial charge in [-0.25, -0.2) is 9.37 Å². The highest BCUT2D eigenvalue weighted by molar-refractivity contribution is 6.03. The van der Waals surface area contributed by atoms with Crippen molar-refractivity contribution in [1.29, 1.82) is 0 Å². The second kappa shape index (κ2) is 12.1. The fraction of sp³-hybridized carbons (Fsp3) is 0.286. The zero-order valence-corrected chi connectivity index (χ0v) is 20.9. The molecule has 0 saturated heterocycles. The van der Waals surface area contributed by atoms with E-state index in [4.69, 9.17) is 0 Å². The Morgan fingerprint density at radius 3 is 2.19 bits per heavy atom. The van der Waals surface area contributed by atoms with Gasteiger partial charge in [0.2, 0.25) is 17.7 Å². The van der Waals surface area contributed by atoms with Crippen molar-refractivity contribution in [2.45, 2.75) is 52.6 Å². The predicted octanol–water partition coefficient (Wildman–Crippen LogP) is 4.86. The number of carbonyl (C=O) groups is 3. The first-order valence-electron chi connectivity index (χ1n) is 11.8. The van der Waals surface area contributed by atoms with Crippen LogP contribution in [0.5, 0.6) is 0 Å². The lowest BCUT2D eigenvalue weighted by molar-refractivity contribution is -0.127. The number of pyridine rings is 1. The van der Waals surface area contributed by atoms with Crippen LogP contribution in [0.15, 0.2) is 66.9 Å². The maximum absolute atomic E-state index is 13.7. The highest BCUT2D eigenvalue weighted by Gasteiger charge is 2.33. The zero-order chi connectivity index (χ0) is 26.2. The first-order chi connectivity index (χ1) is 17.1. The van der Waals surface area contributed by atoms with Gasteiger partial charge in [-0.15, -0.1) is 0 Å². The minimum Gasteiger partial charge on any atom is -0.352 e. The molecule has 36 heavy (non-hydrogen) atoms. The Hall–Kier alpha value is -4.07. The largest absolute Gasteiger partial charge is 0.352 e. The van der Waals surface area contributed by atoms with Gasteiger partial charge in [-0.05, 0) is 80.8 Å². The fourth-order valence-electron chi connectivity index (χ4n) is 3.94. The molecule has 0 bridgehead atoms. The maximum Gasteiger partial charge on any atom is 0.248 e. The summed E-state index contributed by atoms with van der Waals surface area (Å²) < 4.78 is 13.7. The van der Waals surface area contributed by atoms with Crippen LogP contribution < -0.4 is 15.5 Å². The van der Waals surface area contributed by atoms with E-state index in [9.17, 15) is 18.8 Å². The summed E-state index contributed by atoms with van der Waals surface area (Å²) in [5.74, 6) is -1.24. The second-order valence-electron chi connectivity index (χ2n) is 8.99. The van der Waals surface area contributed by atoms with Crippen molar-refractivity contribution < 1.29 is 18.8 Å². The molecule has 188 valence electrons. The Balaban J connectivity index is 1.97. The van der Waals surface area contributed by atoms with Gasteiger partial charge in [0.15, 0.2) is 0 Å². The third-order valence-corrected chi connectivity index (χ3v) is 5.37. The first-order valence-corrected chi connectivity index (χ1v) is 11.8. The van der Waals surface area contributed by atoms with Gasteiger partial charge < -0.3 is 10.6 Å². The molecule has 8 heteroatoms. The van der Waals surface area contributed by atoms with Gasteiger partial charge in [0.1, 0.15) is 17.7 Å². The minimum atomic E-state index is -1.06. The molecule has 0 radical (unpaired) electrons. The van der Waals surface area contributed by atoms with Crippen LogP contribution in [0.2, 0.25) is 0 Å². The Bertz CT molecular complexity index is 1190. The van der Waals surface area contributed by atoms with E-state index in [0.29, 0.717) is 17.1 Å². The normalized spacial score (nSPS) is 11.6. The molecule has 1 heterocycles. The Morgan fingerprint density at radius 1 is 0.944 bits per heavy atom. The van der Waals surface area contributed by atoms with Crippen molar-refractivity contribution in [3.05, 3.63) is 89.4 Å². The summed E-state index contributed by atoms with van der Waals surface area (Å²) in [5, 5.41) is 5.54. The molecule has 0 unspecified atom stereocenters. The van der Waals surface area contributed by atoms with Gasteiger partial charge in [-0.1, -0.05) is 24.3 Å². The van der Waals surface area contributed by atoms with Crippen molar-refractivity contribution >= 4 is 29.2 Å². The summed E-state index contributed by atoms with van der Waals surface area (Å²) in [4.78, 5) is 45.1. The number of carbonyl (C=O) groups excluding carboxylic acids is 3. The average molecular weight is 491 g/mol. The van der Waals surface area contributed by atoms with Gasteiger partial charge in [-0.3, -0.25) is 19.3 Å². The number of aromatic nitrogens is 1. The number of nitrogens with zero attached hydrogens (tertiary/aromatic N) is 2. The number of anilines is 2. The molecule has 0 saturated carbocycles. The van der Waals surface area contributed by atoms with E-state index in [1.165, 1.54) is 29.2 Å². The summed E-state index contributed by atoms with van der Waals surface area (Å²) in [7, 11) is 0. The monoisotopic (exact) mass is 490 g/mol. The van der Waals surface area contributed by atoms with E-state index < -0.39 is 23.7 Å². The summed E-state index contributed by atoms with van der Waals surface area (Å²) >= 11 is 0. The number of hydrogen-bond donors (Lipinski definition) is 2.